The molecule has 0 aromatic rings. The fourth-order valence-electron chi connectivity index (χ4n) is 3.11. The van der Waals surface area contributed by atoms with Crippen molar-refractivity contribution in [2.75, 3.05) is 19.6 Å². The Bertz CT molecular complexity index is 241. The lowest BCUT2D eigenvalue weighted by Gasteiger charge is -2.42. The van der Waals surface area contributed by atoms with Gasteiger partial charge in [-0.25, -0.2) is 0 Å². The highest BCUT2D eigenvalue weighted by Gasteiger charge is 2.31. The van der Waals surface area contributed by atoms with Crippen LogP contribution in [0.1, 0.15) is 79.6 Å². The number of carbonyl (C=O) groups excluding carboxylic acids is 1. The molecule has 0 aromatic carbocycles. The van der Waals surface area contributed by atoms with E-state index in [-0.39, 0.29) is 12.1 Å². The molecule has 1 unspecified atom stereocenters. The summed E-state index contributed by atoms with van der Waals surface area (Å²) in [5, 5.41) is 3.28. The summed E-state index contributed by atoms with van der Waals surface area (Å²) in [4.78, 5) is 12.1. The minimum absolute atomic E-state index is 0.242. The van der Waals surface area contributed by atoms with Gasteiger partial charge in [-0.3, -0.25) is 4.79 Å². The van der Waals surface area contributed by atoms with Gasteiger partial charge in [-0.05, 0) is 27.2 Å². The Kier molecular flexibility index (Phi) is 10.8. The zero-order chi connectivity index (χ0) is 15.4. The van der Waals surface area contributed by atoms with E-state index in [9.17, 15) is 4.79 Å². The Morgan fingerprint density at radius 1 is 0.900 bits per heavy atom. The van der Waals surface area contributed by atoms with Crippen LogP contribution in [0, 0.1) is 0 Å². The van der Waals surface area contributed by atoms with Crippen LogP contribution in [0.15, 0.2) is 0 Å². The highest BCUT2D eigenvalue weighted by atomic mass is 16.1. The fraction of sp³-hybridized carbons (Fsp3) is 0.941. The molecule has 1 amide bonds. The summed E-state index contributed by atoms with van der Waals surface area (Å²) in [5.41, 5.74) is 0. The summed E-state index contributed by atoms with van der Waals surface area (Å²) < 4.78 is 0.998. The maximum Gasteiger partial charge on any atom is 0.224 e. The zero-order valence-electron chi connectivity index (χ0n) is 14.5. The molecular weight excluding hydrogens is 248 g/mol. The number of amides is 1. The second kappa shape index (κ2) is 11.1. The van der Waals surface area contributed by atoms with Crippen molar-refractivity contribution in [1.82, 2.24) is 5.32 Å². The van der Waals surface area contributed by atoms with Crippen LogP contribution in [0.5, 0.6) is 0 Å². The molecule has 0 aliphatic carbocycles. The molecule has 0 fully saturated rings. The summed E-state index contributed by atoms with van der Waals surface area (Å²) in [6.45, 7) is 14.3. The molecule has 0 aromatic heterocycles. The van der Waals surface area contributed by atoms with Gasteiger partial charge in [0.2, 0.25) is 5.91 Å². The third-order valence-corrected chi connectivity index (χ3v) is 4.77. The highest BCUT2D eigenvalue weighted by molar-refractivity contribution is 5.75. The van der Waals surface area contributed by atoms with Gasteiger partial charge in [-0.15, -0.1) is 0 Å². The predicted molar refractivity (Wildman–Crippen MR) is 87.5 cm³/mol. The van der Waals surface area contributed by atoms with Gasteiger partial charge in [0.25, 0.3) is 0 Å². The molecule has 0 rings (SSSR count). The Hall–Kier alpha value is -0.570. The van der Waals surface area contributed by atoms with Crippen LogP contribution in [0.4, 0.5) is 0 Å². The largest absolute Gasteiger partial charge is 0.307 e. The van der Waals surface area contributed by atoms with E-state index >= 15 is 0 Å². The molecule has 0 spiro atoms. The van der Waals surface area contributed by atoms with Gasteiger partial charge in [0.1, 0.15) is 0 Å². The first-order valence-electron chi connectivity index (χ1n) is 8.75. The van der Waals surface area contributed by atoms with Crippen molar-refractivity contribution in [3.05, 3.63) is 0 Å². The van der Waals surface area contributed by atoms with Crippen LogP contribution in [-0.4, -0.2) is 36.2 Å². The van der Waals surface area contributed by atoms with E-state index in [0.717, 1.165) is 37.0 Å². The maximum absolute atomic E-state index is 12.1. The van der Waals surface area contributed by atoms with E-state index in [1.165, 1.54) is 25.7 Å². The predicted octanol–water partition coefficient (Wildman–Crippen LogP) is 4.08. The van der Waals surface area contributed by atoms with Crippen LogP contribution >= 0.6 is 0 Å². The SMILES string of the molecule is CCCCCCCC(=O)NC(CC)[N+](CC)(CC)CC. The lowest BCUT2D eigenvalue weighted by molar-refractivity contribution is -0.949. The first-order chi connectivity index (χ1) is 9.60. The number of hydrogen-bond acceptors (Lipinski definition) is 1. The molecule has 0 bridgehead atoms. The number of nitrogens with one attached hydrogen (secondary N) is 1. The summed E-state index contributed by atoms with van der Waals surface area (Å²) >= 11 is 0. The molecule has 0 saturated carbocycles. The van der Waals surface area contributed by atoms with Gasteiger partial charge >= 0.3 is 0 Å². The monoisotopic (exact) mass is 285 g/mol. The van der Waals surface area contributed by atoms with Gasteiger partial charge in [-0.2, -0.15) is 0 Å². The molecule has 120 valence electrons. The second-order valence-corrected chi connectivity index (χ2v) is 5.82. The molecule has 20 heavy (non-hydrogen) atoms. The number of quaternary nitrogens is 1. The van der Waals surface area contributed by atoms with Crippen LogP contribution in [0.3, 0.4) is 0 Å². The van der Waals surface area contributed by atoms with Crippen molar-refractivity contribution in [3.63, 3.8) is 0 Å². The van der Waals surface area contributed by atoms with E-state index < -0.39 is 0 Å². The lowest BCUT2D eigenvalue weighted by atomic mass is 10.1. The van der Waals surface area contributed by atoms with Crippen LogP contribution in [-0.2, 0) is 4.79 Å². The van der Waals surface area contributed by atoms with Gasteiger partial charge in [0.05, 0.1) is 19.6 Å². The number of unbranched alkanes of at least 4 members (excludes halogenated alkanes) is 4. The third kappa shape index (κ3) is 6.25. The molecule has 3 nitrogen and oxygen atoms in total. The Labute approximate surface area is 126 Å². The van der Waals surface area contributed by atoms with Crippen molar-refractivity contribution in [3.8, 4) is 0 Å². The molecular formula is C17H37N2O+. The molecule has 0 saturated heterocycles. The van der Waals surface area contributed by atoms with E-state index in [0.29, 0.717) is 6.42 Å². The van der Waals surface area contributed by atoms with E-state index in [4.69, 9.17) is 0 Å². The average Bonchev–Trinajstić information content (AvgIpc) is 2.48. The van der Waals surface area contributed by atoms with Crippen LogP contribution in [0.25, 0.3) is 0 Å². The van der Waals surface area contributed by atoms with Gasteiger partial charge in [0, 0.05) is 12.8 Å². The standard InChI is InChI=1S/C17H36N2O/c1-6-11-12-13-14-15-17(20)18-16(7-2)19(8-3,9-4)10-5/h16H,6-15H2,1-5H3/p+1. The first kappa shape index (κ1) is 19.4. The topological polar surface area (TPSA) is 29.1 Å². The van der Waals surface area contributed by atoms with Crippen molar-refractivity contribution >= 4 is 5.91 Å². The molecule has 0 aliphatic heterocycles. The van der Waals surface area contributed by atoms with E-state index in [1.807, 2.05) is 0 Å². The minimum atomic E-state index is 0.242. The van der Waals surface area contributed by atoms with Crippen LogP contribution in [0.2, 0.25) is 0 Å². The van der Waals surface area contributed by atoms with E-state index in [1.54, 1.807) is 0 Å². The molecule has 1 N–H and O–H groups in total. The highest BCUT2D eigenvalue weighted by Crippen LogP contribution is 2.15. The number of rotatable bonds is 12. The van der Waals surface area contributed by atoms with Crippen molar-refractivity contribution < 1.29 is 9.28 Å². The average molecular weight is 285 g/mol. The van der Waals surface area contributed by atoms with Crippen molar-refractivity contribution in [1.29, 1.82) is 0 Å². The fourth-order valence-corrected chi connectivity index (χ4v) is 3.11. The molecule has 0 radical (unpaired) electrons. The number of carbonyl (C=O) groups is 1. The number of hydrogen-bond donors (Lipinski definition) is 1. The molecule has 0 heterocycles. The zero-order valence-corrected chi connectivity index (χ0v) is 14.5. The smallest absolute Gasteiger partial charge is 0.224 e. The third-order valence-electron chi connectivity index (χ3n) is 4.77. The summed E-state index contributed by atoms with van der Waals surface area (Å²) in [7, 11) is 0. The molecule has 1 atom stereocenters. The van der Waals surface area contributed by atoms with Gasteiger partial charge < -0.3 is 9.80 Å². The normalized spacial score (nSPS) is 13.2. The van der Waals surface area contributed by atoms with Gasteiger partial charge in [0.15, 0.2) is 6.17 Å². The van der Waals surface area contributed by atoms with Crippen LogP contribution < -0.4 is 5.32 Å². The first-order valence-corrected chi connectivity index (χ1v) is 8.75. The maximum atomic E-state index is 12.1. The number of nitrogens with zero attached hydrogens (tertiary/aromatic N) is 1. The second-order valence-electron chi connectivity index (χ2n) is 5.82. The lowest BCUT2D eigenvalue weighted by Crippen LogP contribution is -2.61. The quantitative estimate of drug-likeness (QED) is 0.327. The summed E-state index contributed by atoms with van der Waals surface area (Å²) in [5.74, 6) is 0.242. The van der Waals surface area contributed by atoms with Crippen molar-refractivity contribution in [2.24, 2.45) is 0 Å². The Balaban J connectivity index is 4.24. The van der Waals surface area contributed by atoms with Crippen molar-refractivity contribution in [2.45, 2.75) is 85.7 Å². The van der Waals surface area contributed by atoms with E-state index in [2.05, 4.69) is 39.9 Å². The summed E-state index contributed by atoms with van der Waals surface area (Å²) in [6, 6.07) is 0. The summed E-state index contributed by atoms with van der Waals surface area (Å²) in [6.07, 6.45) is 8.01. The molecule has 0 aliphatic rings. The minimum Gasteiger partial charge on any atom is -0.307 e. The Morgan fingerprint density at radius 3 is 1.90 bits per heavy atom. The Morgan fingerprint density at radius 2 is 1.45 bits per heavy atom. The molecule has 3 heteroatoms. The van der Waals surface area contributed by atoms with Gasteiger partial charge in [-0.1, -0.05) is 39.5 Å².